The summed E-state index contributed by atoms with van der Waals surface area (Å²) in [5, 5.41) is 4.90. The second-order valence-electron chi connectivity index (χ2n) is 5.71. The number of aromatic nitrogens is 2. The number of thiazole rings is 1. The Hall–Kier alpha value is -1.12. The largest absolute Gasteiger partial charge is 0.371 e. The van der Waals surface area contributed by atoms with Crippen LogP contribution in [0.5, 0.6) is 0 Å². The van der Waals surface area contributed by atoms with E-state index >= 15 is 0 Å². The maximum Gasteiger partial charge on any atom is 0.260 e. The highest BCUT2D eigenvalue weighted by Gasteiger charge is 2.28. The Morgan fingerprint density at radius 1 is 1.48 bits per heavy atom. The molecule has 1 saturated carbocycles. The van der Waals surface area contributed by atoms with Gasteiger partial charge in [-0.15, -0.1) is 11.3 Å². The average molecular weight is 328 g/mol. The molecular formula is C13H20N4O2S2. The molecule has 0 spiro atoms. The van der Waals surface area contributed by atoms with Crippen LogP contribution in [-0.4, -0.2) is 31.4 Å². The highest BCUT2D eigenvalue weighted by atomic mass is 32.2. The number of rotatable bonds is 5. The van der Waals surface area contributed by atoms with Gasteiger partial charge in [0.05, 0.1) is 0 Å². The van der Waals surface area contributed by atoms with Crippen LogP contribution in [0, 0.1) is 11.8 Å². The van der Waals surface area contributed by atoms with Crippen molar-refractivity contribution in [2.45, 2.75) is 31.2 Å². The molecule has 6 nitrogen and oxygen atoms in total. The summed E-state index contributed by atoms with van der Waals surface area (Å²) in [5.74, 6) is 1.54. The standard InChI is InChI=1S/C13H20N4O2S2/c1-9-3-4-10(7-9)8-15-21(18,19)12-11(14-2)16-13-17(12)5-6-20-13/h5-6,9-10,14-15H,3-4,7-8H2,1-2H3. The first-order valence-electron chi connectivity index (χ1n) is 7.14. The van der Waals surface area contributed by atoms with Gasteiger partial charge in [-0.3, -0.25) is 4.40 Å². The van der Waals surface area contributed by atoms with E-state index < -0.39 is 10.0 Å². The second kappa shape index (κ2) is 5.58. The summed E-state index contributed by atoms with van der Waals surface area (Å²) < 4.78 is 29.6. The molecule has 0 bridgehead atoms. The number of hydrogen-bond donors (Lipinski definition) is 2. The predicted molar refractivity (Wildman–Crippen MR) is 84.3 cm³/mol. The lowest BCUT2D eigenvalue weighted by Crippen LogP contribution is -2.30. The van der Waals surface area contributed by atoms with Crippen molar-refractivity contribution < 1.29 is 8.42 Å². The lowest BCUT2D eigenvalue weighted by atomic mass is 10.1. The fourth-order valence-electron chi connectivity index (χ4n) is 2.99. The second-order valence-corrected chi connectivity index (χ2v) is 8.26. The van der Waals surface area contributed by atoms with E-state index in [1.165, 1.54) is 17.8 Å². The molecule has 1 aliphatic carbocycles. The maximum atomic E-state index is 12.6. The van der Waals surface area contributed by atoms with Crippen LogP contribution < -0.4 is 10.0 Å². The van der Waals surface area contributed by atoms with Crippen molar-refractivity contribution in [3.05, 3.63) is 11.6 Å². The quantitative estimate of drug-likeness (QED) is 0.882. The van der Waals surface area contributed by atoms with E-state index in [1.54, 1.807) is 17.6 Å². The molecule has 2 unspecified atom stereocenters. The number of anilines is 1. The van der Waals surface area contributed by atoms with Gasteiger partial charge in [-0.05, 0) is 24.7 Å². The number of nitrogens with zero attached hydrogens (tertiary/aromatic N) is 2. The molecule has 0 aliphatic heterocycles. The normalized spacial score (nSPS) is 23.0. The van der Waals surface area contributed by atoms with E-state index in [2.05, 4.69) is 21.9 Å². The SMILES string of the molecule is CNc1nc2sccn2c1S(=O)(=O)NCC1CCC(C)C1. The Morgan fingerprint density at radius 2 is 2.29 bits per heavy atom. The maximum absolute atomic E-state index is 12.6. The van der Waals surface area contributed by atoms with Gasteiger partial charge in [-0.25, -0.2) is 18.1 Å². The van der Waals surface area contributed by atoms with E-state index in [9.17, 15) is 8.42 Å². The van der Waals surface area contributed by atoms with Crippen molar-refractivity contribution in [3.63, 3.8) is 0 Å². The fourth-order valence-corrected chi connectivity index (χ4v) is 5.16. The zero-order chi connectivity index (χ0) is 15.0. The molecule has 3 rings (SSSR count). The summed E-state index contributed by atoms with van der Waals surface area (Å²) in [5.41, 5.74) is 0. The Labute approximate surface area is 128 Å². The third-order valence-electron chi connectivity index (χ3n) is 4.08. The summed E-state index contributed by atoms with van der Waals surface area (Å²) in [4.78, 5) is 4.98. The number of nitrogens with one attached hydrogen (secondary N) is 2. The molecule has 116 valence electrons. The molecular weight excluding hydrogens is 308 g/mol. The van der Waals surface area contributed by atoms with Crippen LogP contribution in [0.25, 0.3) is 4.96 Å². The van der Waals surface area contributed by atoms with Crippen molar-refractivity contribution in [3.8, 4) is 0 Å². The van der Waals surface area contributed by atoms with Gasteiger partial charge in [0.1, 0.15) is 0 Å². The Kier molecular flexibility index (Phi) is 3.94. The van der Waals surface area contributed by atoms with Gasteiger partial charge in [0, 0.05) is 25.2 Å². The number of fused-ring (bicyclic) bond motifs is 1. The van der Waals surface area contributed by atoms with Gasteiger partial charge in [-0.2, -0.15) is 0 Å². The molecule has 2 aromatic rings. The predicted octanol–water partition coefficient (Wildman–Crippen LogP) is 2.15. The molecule has 21 heavy (non-hydrogen) atoms. The number of imidazole rings is 1. The van der Waals surface area contributed by atoms with Gasteiger partial charge >= 0.3 is 0 Å². The molecule has 1 fully saturated rings. The zero-order valence-electron chi connectivity index (χ0n) is 12.2. The van der Waals surface area contributed by atoms with Crippen LogP contribution in [0.2, 0.25) is 0 Å². The Balaban J connectivity index is 1.84. The summed E-state index contributed by atoms with van der Waals surface area (Å²) >= 11 is 1.42. The van der Waals surface area contributed by atoms with Gasteiger partial charge < -0.3 is 5.32 Å². The minimum atomic E-state index is -3.57. The van der Waals surface area contributed by atoms with Crippen molar-refractivity contribution in [2.75, 3.05) is 18.9 Å². The van der Waals surface area contributed by atoms with Gasteiger partial charge in [0.15, 0.2) is 15.8 Å². The molecule has 2 atom stereocenters. The first kappa shape index (κ1) is 14.8. The molecule has 2 N–H and O–H groups in total. The molecule has 0 amide bonds. The molecule has 0 radical (unpaired) electrons. The fraction of sp³-hybridized carbons (Fsp3) is 0.615. The van der Waals surface area contributed by atoms with Gasteiger partial charge in [0.2, 0.25) is 0 Å². The van der Waals surface area contributed by atoms with Gasteiger partial charge in [0.25, 0.3) is 10.0 Å². The number of hydrogen-bond acceptors (Lipinski definition) is 5. The highest BCUT2D eigenvalue weighted by molar-refractivity contribution is 7.89. The lowest BCUT2D eigenvalue weighted by Gasteiger charge is -2.12. The average Bonchev–Trinajstić information content (AvgIpc) is 3.10. The molecule has 1 aliphatic rings. The lowest BCUT2D eigenvalue weighted by molar-refractivity contribution is 0.497. The van der Waals surface area contributed by atoms with Crippen LogP contribution in [0.3, 0.4) is 0 Å². The van der Waals surface area contributed by atoms with Crippen LogP contribution >= 0.6 is 11.3 Å². The minimum Gasteiger partial charge on any atom is -0.371 e. The minimum absolute atomic E-state index is 0.201. The van der Waals surface area contributed by atoms with Crippen molar-refractivity contribution in [2.24, 2.45) is 11.8 Å². The Morgan fingerprint density at radius 3 is 2.95 bits per heavy atom. The third-order valence-corrected chi connectivity index (χ3v) is 6.28. The third kappa shape index (κ3) is 2.79. The monoisotopic (exact) mass is 328 g/mol. The smallest absolute Gasteiger partial charge is 0.260 e. The van der Waals surface area contributed by atoms with Crippen molar-refractivity contribution in [1.29, 1.82) is 0 Å². The van der Waals surface area contributed by atoms with E-state index in [0.29, 0.717) is 29.2 Å². The molecule has 8 heteroatoms. The van der Waals surface area contributed by atoms with Crippen molar-refractivity contribution in [1.82, 2.24) is 14.1 Å². The zero-order valence-corrected chi connectivity index (χ0v) is 13.8. The van der Waals surface area contributed by atoms with E-state index in [4.69, 9.17) is 0 Å². The molecule has 2 heterocycles. The highest BCUT2D eigenvalue weighted by Crippen LogP contribution is 2.30. The van der Waals surface area contributed by atoms with Crippen molar-refractivity contribution >= 4 is 32.1 Å². The summed E-state index contributed by atoms with van der Waals surface area (Å²) in [6, 6.07) is 0. The molecule has 0 aromatic carbocycles. The first-order chi connectivity index (χ1) is 10.0. The number of sulfonamides is 1. The first-order valence-corrected chi connectivity index (χ1v) is 9.50. The van der Waals surface area contributed by atoms with Gasteiger partial charge in [-0.1, -0.05) is 13.3 Å². The van der Waals surface area contributed by atoms with E-state index in [-0.39, 0.29) is 5.03 Å². The molecule has 0 saturated heterocycles. The van der Waals surface area contributed by atoms with Crippen LogP contribution in [0.15, 0.2) is 16.6 Å². The summed E-state index contributed by atoms with van der Waals surface area (Å²) in [7, 11) is -1.88. The van der Waals surface area contributed by atoms with Crippen LogP contribution in [0.1, 0.15) is 26.2 Å². The summed E-state index contributed by atoms with van der Waals surface area (Å²) in [6.07, 6.45) is 5.13. The van der Waals surface area contributed by atoms with Crippen LogP contribution in [-0.2, 0) is 10.0 Å². The molecule has 2 aromatic heterocycles. The summed E-state index contributed by atoms with van der Waals surface area (Å²) in [6.45, 7) is 2.73. The van der Waals surface area contributed by atoms with E-state index in [1.807, 2.05) is 5.38 Å². The van der Waals surface area contributed by atoms with E-state index in [0.717, 1.165) is 12.8 Å². The van der Waals surface area contributed by atoms with Crippen LogP contribution in [0.4, 0.5) is 5.82 Å². The Bertz CT molecular complexity index is 735. The topological polar surface area (TPSA) is 75.5 Å².